The van der Waals surface area contributed by atoms with E-state index in [1.807, 2.05) is 6.07 Å². The third kappa shape index (κ3) is 2.56. The molecule has 0 spiro atoms. The van der Waals surface area contributed by atoms with Gasteiger partial charge in [0.25, 0.3) is 0 Å². The Balaban J connectivity index is 2.36. The van der Waals surface area contributed by atoms with Gasteiger partial charge >= 0.3 is 0 Å². The van der Waals surface area contributed by atoms with Crippen LogP contribution in [0.5, 0.6) is 23.0 Å². The first-order valence-electron chi connectivity index (χ1n) is 5.75. The Morgan fingerprint density at radius 1 is 0.900 bits per heavy atom. The van der Waals surface area contributed by atoms with Crippen LogP contribution in [0.25, 0.3) is 6.08 Å². The molecule has 0 fully saturated rings. The van der Waals surface area contributed by atoms with Crippen molar-refractivity contribution in [2.24, 2.45) is 0 Å². The lowest BCUT2D eigenvalue weighted by Gasteiger charge is -2.07. The lowest BCUT2D eigenvalue weighted by atomic mass is 10.1. The molecule has 20 heavy (non-hydrogen) atoms. The lowest BCUT2D eigenvalue weighted by molar-refractivity contribution is 0.104. The number of phenols is 4. The van der Waals surface area contributed by atoms with E-state index in [4.69, 9.17) is 0 Å². The van der Waals surface area contributed by atoms with Crippen LogP contribution in [0.1, 0.15) is 15.9 Å². The number of phenolic OH excluding ortho intramolecular Hbond substituents is 4. The van der Waals surface area contributed by atoms with Gasteiger partial charge in [-0.15, -0.1) is 0 Å². The van der Waals surface area contributed by atoms with Gasteiger partial charge in [0.2, 0.25) is 5.75 Å². The number of hydrogen-bond acceptors (Lipinski definition) is 5. The first kappa shape index (κ1) is 13.5. The number of allylic oxidation sites excluding steroid dienone is 1. The molecule has 0 heterocycles. The van der Waals surface area contributed by atoms with E-state index in [0.717, 1.165) is 17.7 Å². The highest BCUT2D eigenvalue weighted by atomic mass is 16.3. The van der Waals surface area contributed by atoms with Crippen molar-refractivity contribution in [1.29, 1.82) is 0 Å². The van der Waals surface area contributed by atoms with E-state index in [0.29, 0.717) is 0 Å². The molecule has 0 aromatic heterocycles. The Bertz CT molecular complexity index is 674. The topological polar surface area (TPSA) is 98.0 Å². The van der Waals surface area contributed by atoms with Crippen LogP contribution < -0.4 is 0 Å². The van der Waals surface area contributed by atoms with Gasteiger partial charge in [-0.25, -0.2) is 0 Å². The zero-order valence-corrected chi connectivity index (χ0v) is 10.3. The van der Waals surface area contributed by atoms with Gasteiger partial charge < -0.3 is 20.4 Å². The fourth-order valence-corrected chi connectivity index (χ4v) is 1.69. The van der Waals surface area contributed by atoms with Crippen molar-refractivity contribution in [1.82, 2.24) is 0 Å². The molecule has 5 heteroatoms. The summed E-state index contributed by atoms with van der Waals surface area (Å²) in [7, 11) is 0. The molecule has 0 saturated heterocycles. The Morgan fingerprint density at radius 3 is 2.20 bits per heavy atom. The molecule has 0 bridgehead atoms. The molecule has 0 unspecified atom stereocenters. The zero-order valence-electron chi connectivity index (χ0n) is 10.3. The second-order valence-electron chi connectivity index (χ2n) is 4.10. The van der Waals surface area contributed by atoms with E-state index in [9.17, 15) is 25.2 Å². The van der Waals surface area contributed by atoms with Crippen LogP contribution in [0.3, 0.4) is 0 Å². The Morgan fingerprint density at radius 2 is 1.55 bits per heavy atom. The van der Waals surface area contributed by atoms with Gasteiger partial charge in [-0.3, -0.25) is 4.79 Å². The van der Waals surface area contributed by atoms with Gasteiger partial charge in [0, 0.05) is 6.07 Å². The molecule has 2 aromatic rings. The Labute approximate surface area is 114 Å². The van der Waals surface area contributed by atoms with Crippen molar-refractivity contribution < 1.29 is 25.2 Å². The van der Waals surface area contributed by atoms with E-state index < -0.39 is 34.3 Å². The van der Waals surface area contributed by atoms with Gasteiger partial charge in [-0.1, -0.05) is 36.4 Å². The Hall–Kier alpha value is -2.95. The number of hydrogen-bond donors (Lipinski definition) is 4. The van der Waals surface area contributed by atoms with Gasteiger partial charge in [0.1, 0.15) is 11.3 Å². The third-order valence-electron chi connectivity index (χ3n) is 2.71. The normalized spacial score (nSPS) is 10.8. The van der Waals surface area contributed by atoms with Crippen LogP contribution >= 0.6 is 0 Å². The molecular formula is C15H12O5. The summed E-state index contributed by atoms with van der Waals surface area (Å²) < 4.78 is 0. The first-order valence-corrected chi connectivity index (χ1v) is 5.75. The van der Waals surface area contributed by atoms with Gasteiger partial charge in [0.05, 0.1) is 0 Å². The van der Waals surface area contributed by atoms with Crippen molar-refractivity contribution in [3.05, 3.63) is 53.6 Å². The lowest BCUT2D eigenvalue weighted by Crippen LogP contribution is -1.96. The van der Waals surface area contributed by atoms with Crippen molar-refractivity contribution in [2.45, 2.75) is 0 Å². The number of rotatable bonds is 3. The summed E-state index contributed by atoms with van der Waals surface area (Å²) in [6.07, 6.45) is 2.66. The average molecular weight is 272 g/mol. The number of carbonyl (C=O) groups excluding carboxylic acids is 1. The van der Waals surface area contributed by atoms with Gasteiger partial charge in [-0.05, 0) is 11.6 Å². The van der Waals surface area contributed by atoms with Crippen LogP contribution in [0, 0.1) is 0 Å². The van der Waals surface area contributed by atoms with Crippen LogP contribution in [0.15, 0.2) is 42.5 Å². The minimum absolute atomic E-state index is 0.465. The van der Waals surface area contributed by atoms with E-state index in [1.54, 1.807) is 24.3 Å². The molecule has 0 aliphatic heterocycles. The third-order valence-corrected chi connectivity index (χ3v) is 2.71. The zero-order chi connectivity index (χ0) is 14.7. The summed E-state index contributed by atoms with van der Waals surface area (Å²) in [5.74, 6) is -3.72. The molecule has 2 rings (SSSR count). The second kappa shape index (κ2) is 5.36. The van der Waals surface area contributed by atoms with Crippen molar-refractivity contribution in [3.8, 4) is 23.0 Å². The maximum absolute atomic E-state index is 11.9. The summed E-state index contributed by atoms with van der Waals surface area (Å²) in [6.45, 7) is 0. The van der Waals surface area contributed by atoms with Crippen LogP contribution in [-0.4, -0.2) is 26.2 Å². The molecule has 0 aliphatic rings. The SMILES string of the molecule is O=C(/C=C/c1ccccc1)c1c(O)cc(O)c(O)c1O. The van der Waals surface area contributed by atoms with Crippen LogP contribution in [-0.2, 0) is 0 Å². The summed E-state index contributed by atoms with van der Waals surface area (Å²) in [4.78, 5) is 11.9. The molecule has 0 aliphatic carbocycles. The van der Waals surface area contributed by atoms with Crippen LogP contribution in [0.4, 0.5) is 0 Å². The minimum atomic E-state index is -0.856. The first-order chi connectivity index (χ1) is 9.50. The summed E-state index contributed by atoms with van der Waals surface area (Å²) in [5, 5.41) is 37.7. The summed E-state index contributed by atoms with van der Waals surface area (Å²) in [6, 6.07) is 9.76. The number of carbonyl (C=O) groups is 1. The van der Waals surface area contributed by atoms with Gasteiger partial charge in [0.15, 0.2) is 17.3 Å². The summed E-state index contributed by atoms with van der Waals surface area (Å²) in [5.41, 5.74) is 0.301. The fourth-order valence-electron chi connectivity index (χ4n) is 1.69. The monoisotopic (exact) mass is 272 g/mol. The molecule has 4 N–H and O–H groups in total. The van der Waals surface area contributed by atoms with E-state index in [2.05, 4.69) is 0 Å². The highest BCUT2D eigenvalue weighted by molar-refractivity contribution is 6.11. The molecule has 0 saturated carbocycles. The van der Waals surface area contributed by atoms with Crippen molar-refractivity contribution in [2.75, 3.05) is 0 Å². The fraction of sp³-hybridized carbons (Fsp3) is 0. The number of aromatic hydroxyl groups is 4. The summed E-state index contributed by atoms with van der Waals surface area (Å²) >= 11 is 0. The molecule has 0 atom stereocenters. The maximum Gasteiger partial charge on any atom is 0.201 e. The standard InChI is InChI=1S/C15H12O5/c16-10(7-6-9-4-2-1-3-5-9)13-11(17)8-12(18)14(19)15(13)20/h1-8,17-20H/b7-6+. The van der Waals surface area contributed by atoms with E-state index in [-0.39, 0.29) is 0 Å². The molecule has 102 valence electrons. The largest absolute Gasteiger partial charge is 0.507 e. The predicted molar refractivity (Wildman–Crippen MR) is 72.9 cm³/mol. The van der Waals surface area contributed by atoms with E-state index in [1.165, 1.54) is 6.08 Å². The van der Waals surface area contributed by atoms with Crippen molar-refractivity contribution >= 4 is 11.9 Å². The van der Waals surface area contributed by atoms with Gasteiger partial charge in [-0.2, -0.15) is 0 Å². The molecule has 2 aromatic carbocycles. The van der Waals surface area contributed by atoms with E-state index >= 15 is 0 Å². The second-order valence-corrected chi connectivity index (χ2v) is 4.10. The molecule has 0 amide bonds. The Kier molecular flexibility index (Phi) is 3.61. The average Bonchev–Trinajstić information content (AvgIpc) is 2.44. The van der Waals surface area contributed by atoms with Crippen molar-refractivity contribution in [3.63, 3.8) is 0 Å². The highest BCUT2D eigenvalue weighted by Gasteiger charge is 2.20. The maximum atomic E-state index is 11.9. The number of benzene rings is 2. The molecular weight excluding hydrogens is 260 g/mol. The quantitative estimate of drug-likeness (QED) is 0.298. The highest BCUT2D eigenvalue weighted by Crippen LogP contribution is 2.42. The van der Waals surface area contributed by atoms with Crippen LogP contribution in [0.2, 0.25) is 0 Å². The smallest absolute Gasteiger partial charge is 0.201 e. The predicted octanol–water partition coefficient (Wildman–Crippen LogP) is 2.41. The number of ketones is 1. The molecule has 5 nitrogen and oxygen atoms in total. The molecule has 0 radical (unpaired) electrons. The minimum Gasteiger partial charge on any atom is -0.507 e.